The van der Waals surface area contributed by atoms with Gasteiger partial charge in [-0.05, 0) is 38.0 Å². The lowest BCUT2D eigenvalue weighted by atomic mass is 9.90. The predicted octanol–water partition coefficient (Wildman–Crippen LogP) is 1.40. The van der Waals surface area contributed by atoms with Crippen LogP contribution >= 0.6 is 0 Å². The van der Waals surface area contributed by atoms with Crippen LogP contribution in [0.5, 0.6) is 0 Å². The fourth-order valence-corrected chi connectivity index (χ4v) is 1.70. The van der Waals surface area contributed by atoms with Gasteiger partial charge in [-0.2, -0.15) is 0 Å². The molecule has 2 atom stereocenters. The number of unbranched alkanes of at least 4 members (excludes halogenated alkanes) is 1. The van der Waals surface area contributed by atoms with Gasteiger partial charge in [0.05, 0.1) is 0 Å². The molecule has 17 heavy (non-hydrogen) atoms. The number of hydrogen-bond donors (Lipinski definition) is 3. The van der Waals surface area contributed by atoms with Crippen LogP contribution in [0.15, 0.2) is 12.2 Å². The molecule has 1 amide bonds. The summed E-state index contributed by atoms with van der Waals surface area (Å²) in [5.74, 6) is 0.730. The Morgan fingerprint density at radius 3 is 2.94 bits per heavy atom. The number of allylic oxidation sites excluding steroid dienone is 2. The van der Waals surface area contributed by atoms with Crippen LogP contribution in [0.25, 0.3) is 0 Å². The number of nitrogens with two attached hydrogens (primary N) is 1. The van der Waals surface area contributed by atoms with Crippen LogP contribution < -0.4 is 11.1 Å². The van der Waals surface area contributed by atoms with Crippen LogP contribution in [0.1, 0.15) is 38.5 Å². The third-order valence-corrected chi connectivity index (χ3v) is 2.96. The van der Waals surface area contributed by atoms with Crippen LogP contribution in [0.2, 0.25) is 0 Å². The molecule has 0 spiro atoms. The van der Waals surface area contributed by atoms with Gasteiger partial charge in [0.2, 0.25) is 5.91 Å². The summed E-state index contributed by atoms with van der Waals surface area (Å²) >= 11 is 0. The van der Waals surface area contributed by atoms with Gasteiger partial charge >= 0.3 is 0 Å². The van der Waals surface area contributed by atoms with Crippen molar-refractivity contribution >= 4 is 5.91 Å². The second kappa shape index (κ2) is 8.22. The van der Waals surface area contributed by atoms with Gasteiger partial charge in [0.25, 0.3) is 0 Å². The summed E-state index contributed by atoms with van der Waals surface area (Å²) in [6.45, 7) is 0.664. The second-order valence-corrected chi connectivity index (χ2v) is 4.45. The molecule has 0 saturated heterocycles. The van der Waals surface area contributed by atoms with E-state index in [1.807, 2.05) is 0 Å². The summed E-state index contributed by atoms with van der Waals surface area (Å²) in [4.78, 5) is 15.4. The van der Waals surface area contributed by atoms with Gasteiger partial charge in [0.1, 0.15) is 6.23 Å². The first-order valence-corrected chi connectivity index (χ1v) is 6.21. The SMILES string of the molecule is NC(CCCCNC(=O)CCC1C=CC1)OO. The normalized spacial score (nSPS) is 19.8. The molecule has 0 saturated carbocycles. The topological polar surface area (TPSA) is 84.6 Å². The Kier molecular flexibility index (Phi) is 6.84. The van der Waals surface area contributed by atoms with Crippen LogP contribution in [0.3, 0.4) is 0 Å². The molecule has 2 unspecified atom stereocenters. The lowest BCUT2D eigenvalue weighted by Gasteiger charge is -2.16. The van der Waals surface area contributed by atoms with Crippen molar-refractivity contribution in [2.24, 2.45) is 11.7 Å². The summed E-state index contributed by atoms with van der Waals surface area (Å²) < 4.78 is 0. The van der Waals surface area contributed by atoms with E-state index >= 15 is 0 Å². The van der Waals surface area contributed by atoms with Crippen molar-refractivity contribution in [1.82, 2.24) is 5.32 Å². The predicted molar refractivity (Wildman–Crippen MR) is 65.0 cm³/mol. The molecule has 0 bridgehead atoms. The van der Waals surface area contributed by atoms with Gasteiger partial charge in [-0.15, -0.1) is 0 Å². The zero-order valence-corrected chi connectivity index (χ0v) is 10.1. The summed E-state index contributed by atoms with van der Waals surface area (Å²) in [5, 5.41) is 11.1. The number of nitrogens with one attached hydrogen (secondary N) is 1. The smallest absolute Gasteiger partial charge is 0.220 e. The van der Waals surface area contributed by atoms with Crippen molar-refractivity contribution in [3.05, 3.63) is 12.2 Å². The Hall–Kier alpha value is -0.910. The molecule has 1 rings (SSSR count). The van der Waals surface area contributed by atoms with Crippen molar-refractivity contribution < 1.29 is 14.9 Å². The molecular formula is C12H22N2O3. The fourth-order valence-electron chi connectivity index (χ4n) is 1.70. The van der Waals surface area contributed by atoms with Crippen molar-refractivity contribution in [1.29, 1.82) is 0 Å². The Balaban J connectivity index is 1.87. The van der Waals surface area contributed by atoms with Gasteiger partial charge in [0.15, 0.2) is 0 Å². The zero-order chi connectivity index (χ0) is 12.5. The number of hydrogen-bond acceptors (Lipinski definition) is 4. The van der Waals surface area contributed by atoms with Crippen LogP contribution in [-0.2, 0) is 9.68 Å². The van der Waals surface area contributed by atoms with Crippen molar-refractivity contribution in [3.8, 4) is 0 Å². The van der Waals surface area contributed by atoms with Gasteiger partial charge in [-0.25, -0.2) is 4.89 Å². The van der Waals surface area contributed by atoms with Gasteiger partial charge in [-0.1, -0.05) is 12.2 Å². The first-order valence-electron chi connectivity index (χ1n) is 6.21. The van der Waals surface area contributed by atoms with Gasteiger partial charge < -0.3 is 11.1 Å². The summed E-state index contributed by atoms with van der Waals surface area (Å²) in [6.07, 6.45) is 8.62. The van der Waals surface area contributed by atoms with Crippen molar-refractivity contribution in [2.45, 2.75) is 44.8 Å². The van der Waals surface area contributed by atoms with E-state index in [0.29, 0.717) is 25.3 Å². The molecule has 98 valence electrons. The maximum absolute atomic E-state index is 11.4. The number of amides is 1. The molecule has 0 aromatic heterocycles. The number of rotatable bonds is 9. The molecule has 0 radical (unpaired) electrons. The lowest BCUT2D eigenvalue weighted by molar-refractivity contribution is -0.278. The highest BCUT2D eigenvalue weighted by molar-refractivity contribution is 5.75. The van der Waals surface area contributed by atoms with E-state index in [0.717, 1.165) is 25.7 Å². The standard InChI is InChI=1S/C12H22N2O3/c13-11(17-16)6-1-2-9-14-12(15)8-7-10-4-3-5-10/h3-4,10-11,16H,1-2,5-9,13H2,(H,14,15). The highest BCUT2D eigenvalue weighted by Gasteiger charge is 2.11. The minimum atomic E-state index is -0.615. The second-order valence-electron chi connectivity index (χ2n) is 4.45. The van der Waals surface area contributed by atoms with E-state index in [4.69, 9.17) is 11.0 Å². The largest absolute Gasteiger partial charge is 0.356 e. The Bertz CT molecular complexity index is 256. The summed E-state index contributed by atoms with van der Waals surface area (Å²) in [6, 6.07) is 0. The van der Waals surface area contributed by atoms with E-state index in [9.17, 15) is 4.79 Å². The highest BCUT2D eigenvalue weighted by Crippen LogP contribution is 2.21. The van der Waals surface area contributed by atoms with E-state index in [2.05, 4.69) is 22.4 Å². The first-order chi connectivity index (χ1) is 8.22. The average Bonchev–Trinajstić information content (AvgIpc) is 2.26. The molecule has 5 nitrogen and oxygen atoms in total. The minimum absolute atomic E-state index is 0.119. The van der Waals surface area contributed by atoms with Crippen LogP contribution in [0, 0.1) is 5.92 Å². The number of carbonyl (C=O) groups excluding carboxylic acids is 1. The molecule has 0 heterocycles. The van der Waals surface area contributed by atoms with Crippen LogP contribution in [0.4, 0.5) is 0 Å². The molecule has 0 aromatic carbocycles. The monoisotopic (exact) mass is 242 g/mol. The molecule has 5 heteroatoms. The third kappa shape index (κ3) is 6.41. The Morgan fingerprint density at radius 1 is 1.59 bits per heavy atom. The molecule has 4 N–H and O–H groups in total. The average molecular weight is 242 g/mol. The van der Waals surface area contributed by atoms with Gasteiger partial charge in [-0.3, -0.25) is 10.1 Å². The minimum Gasteiger partial charge on any atom is -0.356 e. The lowest BCUT2D eigenvalue weighted by Crippen LogP contribution is -2.26. The highest BCUT2D eigenvalue weighted by atomic mass is 17.1. The van der Waals surface area contributed by atoms with E-state index in [1.54, 1.807) is 0 Å². The molecule has 0 fully saturated rings. The molecule has 0 aliphatic heterocycles. The van der Waals surface area contributed by atoms with Crippen LogP contribution in [-0.4, -0.2) is 23.9 Å². The van der Waals surface area contributed by atoms with E-state index < -0.39 is 6.23 Å². The quantitative estimate of drug-likeness (QED) is 0.188. The zero-order valence-electron chi connectivity index (χ0n) is 10.1. The molecule has 1 aliphatic rings. The first kappa shape index (κ1) is 14.2. The van der Waals surface area contributed by atoms with Gasteiger partial charge in [0, 0.05) is 13.0 Å². The summed E-state index contributed by atoms with van der Waals surface area (Å²) in [7, 11) is 0. The maximum atomic E-state index is 11.4. The number of carbonyl (C=O) groups is 1. The van der Waals surface area contributed by atoms with E-state index in [1.165, 1.54) is 0 Å². The third-order valence-electron chi connectivity index (χ3n) is 2.96. The van der Waals surface area contributed by atoms with E-state index in [-0.39, 0.29) is 5.91 Å². The molecule has 1 aliphatic carbocycles. The Labute approximate surface area is 102 Å². The summed E-state index contributed by atoms with van der Waals surface area (Å²) in [5.41, 5.74) is 5.35. The maximum Gasteiger partial charge on any atom is 0.220 e. The van der Waals surface area contributed by atoms with Crippen molar-refractivity contribution in [2.75, 3.05) is 6.54 Å². The van der Waals surface area contributed by atoms with Crippen molar-refractivity contribution in [3.63, 3.8) is 0 Å². The molecular weight excluding hydrogens is 220 g/mol. The Morgan fingerprint density at radius 2 is 2.35 bits per heavy atom. The fraction of sp³-hybridized carbons (Fsp3) is 0.750. The molecule has 0 aromatic rings.